The maximum atomic E-state index is 11.1. The molecule has 3 nitrogen and oxygen atoms in total. The third-order valence-electron chi connectivity index (χ3n) is 2.84. The topological polar surface area (TPSA) is 43.4 Å². The van der Waals surface area contributed by atoms with E-state index in [0.717, 1.165) is 25.7 Å². The number of methoxy groups -OCH3 is 1. The minimum Gasteiger partial charge on any atom is -0.469 e. The van der Waals surface area contributed by atoms with Crippen LogP contribution in [0.15, 0.2) is 0 Å². The highest BCUT2D eigenvalue weighted by atomic mass is 16.5. The molecule has 0 amide bonds. The minimum atomic E-state index is -0.123. The van der Waals surface area contributed by atoms with Crippen LogP contribution in [0.1, 0.15) is 46.5 Å². The minimum absolute atomic E-state index is 0.0283. The molecule has 0 aromatic carbocycles. The molecule has 15 heavy (non-hydrogen) atoms. The van der Waals surface area contributed by atoms with Crippen LogP contribution in [-0.4, -0.2) is 18.9 Å². The van der Waals surface area contributed by atoms with Crippen molar-refractivity contribution in [3.8, 4) is 0 Å². The van der Waals surface area contributed by atoms with Crippen LogP contribution in [0.5, 0.6) is 0 Å². The number of hydrogen-bond acceptors (Lipinski definition) is 3. The molecule has 0 N–H and O–H groups in total. The van der Waals surface area contributed by atoms with E-state index in [2.05, 4.69) is 4.74 Å². The Bertz CT molecular complexity index is 203. The second kappa shape index (κ2) is 7.43. The Morgan fingerprint density at radius 1 is 1.00 bits per heavy atom. The number of Topliss-reactive ketones (excluding diaryl/α,β-unsaturated/α-hetero) is 1. The highest BCUT2D eigenvalue weighted by Crippen LogP contribution is 2.29. The summed E-state index contributed by atoms with van der Waals surface area (Å²) in [6, 6.07) is 0. The van der Waals surface area contributed by atoms with Crippen molar-refractivity contribution < 1.29 is 14.3 Å². The molecule has 0 unspecified atom stereocenters. The SMILES string of the molecule is CC.COC(=O)C1CCC(C(C)=O)CC1. The normalized spacial score (nSPS) is 24.8. The first-order chi connectivity index (χ1) is 7.15. The average Bonchev–Trinajstić information content (AvgIpc) is 2.31. The fourth-order valence-electron chi connectivity index (χ4n) is 1.90. The molecule has 0 aromatic rings. The van der Waals surface area contributed by atoms with Crippen molar-refractivity contribution in [1.29, 1.82) is 0 Å². The van der Waals surface area contributed by atoms with Gasteiger partial charge in [0.25, 0.3) is 0 Å². The van der Waals surface area contributed by atoms with Crippen molar-refractivity contribution in [2.75, 3.05) is 7.11 Å². The van der Waals surface area contributed by atoms with Crippen LogP contribution in [0, 0.1) is 11.8 Å². The number of rotatable bonds is 2. The molecular formula is C12H22O3. The van der Waals surface area contributed by atoms with Crippen molar-refractivity contribution in [3.05, 3.63) is 0 Å². The zero-order valence-electron chi connectivity index (χ0n) is 10.2. The van der Waals surface area contributed by atoms with Gasteiger partial charge in [0, 0.05) is 5.92 Å². The molecule has 0 radical (unpaired) electrons. The van der Waals surface area contributed by atoms with Crippen molar-refractivity contribution in [2.24, 2.45) is 11.8 Å². The van der Waals surface area contributed by atoms with Crippen LogP contribution in [0.3, 0.4) is 0 Å². The molecule has 0 aromatic heterocycles. The summed E-state index contributed by atoms with van der Waals surface area (Å²) in [6.07, 6.45) is 3.29. The summed E-state index contributed by atoms with van der Waals surface area (Å²) in [5.41, 5.74) is 0. The van der Waals surface area contributed by atoms with Gasteiger partial charge in [0.15, 0.2) is 0 Å². The zero-order valence-corrected chi connectivity index (χ0v) is 10.2. The summed E-state index contributed by atoms with van der Waals surface area (Å²) in [5, 5.41) is 0. The number of ether oxygens (including phenoxy) is 1. The van der Waals surface area contributed by atoms with Crippen LogP contribution >= 0.6 is 0 Å². The molecule has 0 saturated heterocycles. The smallest absolute Gasteiger partial charge is 0.308 e. The molecule has 1 saturated carbocycles. The van der Waals surface area contributed by atoms with Crippen LogP contribution in [0.25, 0.3) is 0 Å². The van der Waals surface area contributed by atoms with Gasteiger partial charge in [-0.05, 0) is 32.6 Å². The van der Waals surface area contributed by atoms with Gasteiger partial charge in [-0.1, -0.05) is 13.8 Å². The summed E-state index contributed by atoms with van der Waals surface area (Å²) in [6.45, 7) is 5.63. The Balaban J connectivity index is 0.000000921. The quantitative estimate of drug-likeness (QED) is 0.663. The van der Waals surface area contributed by atoms with Gasteiger partial charge < -0.3 is 4.74 Å². The van der Waals surface area contributed by atoms with Gasteiger partial charge in [-0.15, -0.1) is 0 Å². The van der Waals surface area contributed by atoms with Crippen molar-refractivity contribution >= 4 is 11.8 Å². The van der Waals surface area contributed by atoms with Gasteiger partial charge in [0.1, 0.15) is 5.78 Å². The summed E-state index contributed by atoms with van der Waals surface area (Å²) in [4.78, 5) is 22.2. The molecule has 88 valence electrons. The molecule has 0 spiro atoms. The summed E-state index contributed by atoms with van der Waals surface area (Å²) < 4.78 is 4.66. The molecule has 1 fully saturated rings. The monoisotopic (exact) mass is 214 g/mol. The Hall–Kier alpha value is -0.860. The molecule has 1 rings (SSSR count). The van der Waals surface area contributed by atoms with Crippen molar-refractivity contribution in [1.82, 2.24) is 0 Å². The molecule has 1 aliphatic rings. The van der Waals surface area contributed by atoms with Gasteiger partial charge >= 0.3 is 5.97 Å². The van der Waals surface area contributed by atoms with E-state index in [1.807, 2.05) is 13.8 Å². The van der Waals surface area contributed by atoms with E-state index in [0.29, 0.717) is 0 Å². The van der Waals surface area contributed by atoms with E-state index in [1.165, 1.54) is 7.11 Å². The second-order valence-corrected chi connectivity index (χ2v) is 3.68. The standard InChI is InChI=1S/C10H16O3.C2H6/c1-7(11)8-3-5-9(6-4-8)10(12)13-2;1-2/h8-9H,3-6H2,1-2H3;1-2H3. The molecule has 0 aliphatic heterocycles. The highest BCUT2D eigenvalue weighted by molar-refractivity contribution is 5.79. The molecular weight excluding hydrogens is 192 g/mol. The maximum absolute atomic E-state index is 11.1. The molecule has 0 bridgehead atoms. The Morgan fingerprint density at radius 2 is 1.40 bits per heavy atom. The maximum Gasteiger partial charge on any atom is 0.308 e. The van der Waals surface area contributed by atoms with E-state index in [-0.39, 0.29) is 23.6 Å². The molecule has 0 heterocycles. The van der Waals surface area contributed by atoms with Crippen LogP contribution in [0.2, 0.25) is 0 Å². The van der Waals surface area contributed by atoms with E-state index in [9.17, 15) is 9.59 Å². The largest absolute Gasteiger partial charge is 0.469 e. The van der Waals surface area contributed by atoms with Crippen LogP contribution in [-0.2, 0) is 14.3 Å². The lowest BCUT2D eigenvalue weighted by Crippen LogP contribution is -2.25. The predicted octanol–water partition coefficient (Wildman–Crippen LogP) is 2.58. The highest BCUT2D eigenvalue weighted by Gasteiger charge is 2.28. The third kappa shape index (κ3) is 4.45. The predicted molar refractivity (Wildman–Crippen MR) is 59.5 cm³/mol. The van der Waals surface area contributed by atoms with Crippen molar-refractivity contribution in [2.45, 2.75) is 46.5 Å². The number of carbonyl (C=O) groups excluding carboxylic acids is 2. The Kier molecular flexibility index (Phi) is 7.01. The van der Waals surface area contributed by atoms with Gasteiger partial charge in [-0.2, -0.15) is 0 Å². The van der Waals surface area contributed by atoms with E-state index in [1.54, 1.807) is 6.92 Å². The molecule has 0 atom stereocenters. The van der Waals surface area contributed by atoms with Crippen molar-refractivity contribution in [3.63, 3.8) is 0 Å². The fraction of sp³-hybridized carbons (Fsp3) is 0.833. The first kappa shape index (κ1) is 14.1. The number of esters is 1. The molecule has 3 heteroatoms. The number of carbonyl (C=O) groups is 2. The lowest BCUT2D eigenvalue weighted by atomic mass is 9.80. The van der Waals surface area contributed by atoms with Crippen LogP contribution < -0.4 is 0 Å². The summed E-state index contributed by atoms with van der Waals surface area (Å²) >= 11 is 0. The van der Waals surface area contributed by atoms with Gasteiger partial charge in [0.05, 0.1) is 13.0 Å². The first-order valence-corrected chi connectivity index (χ1v) is 5.73. The lowest BCUT2D eigenvalue weighted by molar-refractivity contribution is -0.147. The third-order valence-corrected chi connectivity index (χ3v) is 2.84. The van der Waals surface area contributed by atoms with Gasteiger partial charge in [-0.3, -0.25) is 9.59 Å². The van der Waals surface area contributed by atoms with Crippen LogP contribution in [0.4, 0.5) is 0 Å². The number of ketones is 1. The molecule has 1 aliphatic carbocycles. The second-order valence-electron chi connectivity index (χ2n) is 3.68. The lowest BCUT2D eigenvalue weighted by Gasteiger charge is -2.24. The Morgan fingerprint density at radius 3 is 1.73 bits per heavy atom. The van der Waals surface area contributed by atoms with E-state index >= 15 is 0 Å². The van der Waals surface area contributed by atoms with Gasteiger partial charge in [-0.25, -0.2) is 0 Å². The Labute approximate surface area is 92.2 Å². The van der Waals surface area contributed by atoms with E-state index in [4.69, 9.17) is 0 Å². The number of hydrogen-bond donors (Lipinski definition) is 0. The fourth-order valence-corrected chi connectivity index (χ4v) is 1.90. The zero-order chi connectivity index (χ0) is 11.8. The van der Waals surface area contributed by atoms with E-state index < -0.39 is 0 Å². The first-order valence-electron chi connectivity index (χ1n) is 5.73. The van der Waals surface area contributed by atoms with Gasteiger partial charge in [0.2, 0.25) is 0 Å². The summed E-state index contributed by atoms with van der Waals surface area (Å²) in [7, 11) is 1.42. The summed E-state index contributed by atoms with van der Waals surface area (Å²) in [5.74, 6) is 0.340. The average molecular weight is 214 g/mol.